The maximum absolute atomic E-state index is 12.7. The Kier molecular flexibility index (Phi) is 7.74. The average molecular weight is 453 g/mol. The van der Waals surface area contributed by atoms with Gasteiger partial charge < -0.3 is 20.5 Å². The molecule has 7 heteroatoms. The Labute approximate surface area is 194 Å². The van der Waals surface area contributed by atoms with E-state index in [0.29, 0.717) is 0 Å². The van der Waals surface area contributed by atoms with Gasteiger partial charge in [0, 0.05) is 18.0 Å². The van der Waals surface area contributed by atoms with Crippen LogP contribution in [0, 0.1) is 11.8 Å². The molecule has 1 aliphatic rings. The van der Waals surface area contributed by atoms with E-state index in [1.807, 2.05) is 38.1 Å². The average Bonchev–Trinajstić information content (AvgIpc) is 3.05. The van der Waals surface area contributed by atoms with Gasteiger partial charge >= 0.3 is 12.1 Å². The van der Waals surface area contributed by atoms with Crippen LogP contribution in [-0.4, -0.2) is 41.8 Å². The summed E-state index contributed by atoms with van der Waals surface area (Å²) in [4.78, 5) is 36.2. The number of fused-ring (bicyclic) bond motifs is 3. The van der Waals surface area contributed by atoms with Crippen LogP contribution < -0.4 is 10.6 Å². The van der Waals surface area contributed by atoms with Gasteiger partial charge in [0.25, 0.3) is 0 Å². The van der Waals surface area contributed by atoms with E-state index in [-0.39, 0.29) is 30.8 Å². The first-order valence-corrected chi connectivity index (χ1v) is 11.3. The van der Waals surface area contributed by atoms with Crippen molar-refractivity contribution < 1.29 is 24.2 Å². The number of amides is 2. The Bertz CT molecular complexity index is 974. The predicted octanol–water partition coefficient (Wildman–Crippen LogP) is 4.17. The van der Waals surface area contributed by atoms with Crippen molar-refractivity contribution in [1.29, 1.82) is 0 Å². The summed E-state index contributed by atoms with van der Waals surface area (Å²) in [6.07, 6.45) is -0.744. The number of carboxylic acids is 1. The van der Waals surface area contributed by atoms with E-state index in [1.165, 1.54) is 0 Å². The van der Waals surface area contributed by atoms with Crippen LogP contribution in [0.5, 0.6) is 0 Å². The first-order chi connectivity index (χ1) is 15.7. The summed E-state index contributed by atoms with van der Waals surface area (Å²) < 4.78 is 5.59. The number of ether oxygens (including phenoxy) is 1. The number of carbonyl (C=O) groups excluding carboxylic acids is 2. The zero-order chi connectivity index (χ0) is 24.1. The highest BCUT2D eigenvalue weighted by Gasteiger charge is 2.32. The number of carboxylic acid groups (broad SMARTS) is 1. The van der Waals surface area contributed by atoms with Gasteiger partial charge in [0.1, 0.15) is 6.61 Å². The van der Waals surface area contributed by atoms with Crippen LogP contribution in [0.15, 0.2) is 48.5 Å². The number of hydrogen-bond acceptors (Lipinski definition) is 4. The molecule has 33 heavy (non-hydrogen) atoms. The van der Waals surface area contributed by atoms with Gasteiger partial charge in [-0.2, -0.15) is 0 Å². The molecular formula is C26H32N2O5. The summed E-state index contributed by atoms with van der Waals surface area (Å²) in [6, 6.07) is 15.2. The van der Waals surface area contributed by atoms with Gasteiger partial charge in [-0.15, -0.1) is 0 Å². The molecule has 176 valence electrons. The fourth-order valence-electron chi connectivity index (χ4n) is 4.67. The van der Waals surface area contributed by atoms with E-state index in [0.717, 1.165) is 22.3 Å². The number of alkyl carbamates (subject to hydrolysis) is 1. The summed E-state index contributed by atoms with van der Waals surface area (Å²) in [5.74, 6) is -1.90. The third kappa shape index (κ3) is 5.72. The number of aliphatic carboxylic acids is 1. The van der Waals surface area contributed by atoms with Crippen LogP contribution in [0.2, 0.25) is 0 Å². The van der Waals surface area contributed by atoms with E-state index in [2.05, 4.69) is 34.9 Å². The molecule has 3 unspecified atom stereocenters. The number of rotatable bonds is 9. The molecule has 0 radical (unpaired) electrons. The summed E-state index contributed by atoms with van der Waals surface area (Å²) in [5.41, 5.74) is 4.57. The van der Waals surface area contributed by atoms with Gasteiger partial charge in [-0.3, -0.25) is 9.59 Å². The second kappa shape index (κ2) is 10.5. The molecule has 0 saturated heterocycles. The van der Waals surface area contributed by atoms with Crippen molar-refractivity contribution in [3.63, 3.8) is 0 Å². The molecule has 2 aromatic carbocycles. The zero-order valence-electron chi connectivity index (χ0n) is 19.5. The minimum Gasteiger partial charge on any atom is -0.481 e. The summed E-state index contributed by atoms with van der Waals surface area (Å²) >= 11 is 0. The SMILES string of the molecule is CC(CC(=O)O)NC(=O)C(C(C)C)C(C)NC(=O)OCC1c2ccccc2-c2ccccc21. The second-order valence-corrected chi connectivity index (χ2v) is 9.04. The van der Waals surface area contributed by atoms with Crippen molar-refractivity contribution in [3.8, 4) is 11.1 Å². The van der Waals surface area contributed by atoms with Gasteiger partial charge in [0.15, 0.2) is 0 Å². The monoisotopic (exact) mass is 452 g/mol. The Balaban J connectivity index is 1.62. The largest absolute Gasteiger partial charge is 0.481 e. The maximum Gasteiger partial charge on any atom is 0.407 e. The Morgan fingerprint density at radius 2 is 1.45 bits per heavy atom. The van der Waals surface area contributed by atoms with Crippen molar-refractivity contribution in [3.05, 3.63) is 59.7 Å². The van der Waals surface area contributed by atoms with E-state index in [4.69, 9.17) is 9.84 Å². The molecule has 0 heterocycles. The van der Waals surface area contributed by atoms with Crippen molar-refractivity contribution in [1.82, 2.24) is 10.6 Å². The highest BCUT2D eigenvalue weighted by Crippen LogP contribution is 2.44. The van der Waals surface area contributed by atoms with E-state index in [1.54, 1.807) is 13.8 Å². The van der Waals surface area contributed by atoms with Crippen molar-refractivity contribution in [2.24, 2.45) is 11.8 Å². The molecule has 0 spiro atoms. The zero-order valence-corrected chi connectivity index (χ0v) is 19.5. The first-order valence-electron chi connectivity index (χ1n) is 11.3. The van der Waals surface area contributed by atoms with Crippen LogP contribution in [0.25, 0.3) is 11.1 Å². The summed E-state index contributed by atoms with van der Waals surface area (Å²) in [5, 5.41) is 14.4. The molecule has 3 rings (SSSR count). The van der Waals surface area contributed by atoms with E-state index in [9.17, 15) is 14.4 Å². The smallest absolute Gasteiger partial charge is 0.407 e. The van der Waals surface area contributed by atoms with Crippen molar-refractivity contribution >= 4 is 18.0 Å². The van der Waals surface area contributed by atoms with Gasteiger partial charge in [0.2, 0.25) is 5.91 Å². The minimum atomic E-state index is -0.978. The quantitative estimate of drug-likeness (QED) is 0.530. The van der Waals surface area contributed by atoms with Crippen LogP contribution in [-0.2, 0) is 14.3 Å². The Morgan fingerprint density at radius 3 is 1.97 bits per heavy atom. The molecule has 1 aliphatic carbocycles. The minimum absolute atomic E-state index is 0.0421. The predicted molar refractivity (Wildman–Crippen MR) is 126 cm³/mol. The lowest BCUT2D eigenvalue weighted by molar-refractivity contribution is -0.137. The molecule has 7 nitrogen and oxygen atoms in total. The standard InChI is InChI=1S/C26H32N2O5/c1-15(2)24(25(31)27-16(3)13-23(29)30)17(4)28-26(32)33-14-22-20-11-7-5-9-18(20)19-10-6-8-12-21(19)22/h5-12,15-17,22,24H,13-14H2,1-4H3,(H,27,31)(H,28,32)(H,29,30). The number of benzene rings is 2. The van der Waals surface area contributed by atoms with Gasteiger partial charge in [0.05, 0.1) is 12.3 Å². The molecular weight excluding hydrogens is 420 g/mol. The number of hydrogen-bond donors (Lipinski definition) is 3. The topological polar surface area (TPSA) is 105 Å². The summed E-state index contributed by atoms with van der Waals surface area (Å²) in [6.45, 7) is 7.38. The molecule has 0 bridgehead atoms. The third-order valence-electron chi connectivity index (χ3n) is 6.12. The van der Waals surface area contributed by atoms with Crippen LogP contribution in [0.4, 0.5) is 4.79 Å². The highest BCUT2D eigenvalue weighted by atomic mass is 16.5. The van der Waals surface area contributed by atoms with Crippen LogP contribution >= 0.6 is 0 Å². The molecule has 0 aromatic heterocycles. The van der Waals surface area contributed by atoms with Crippen molar-refractivity contribution in [2.45, 2.75) is 52.1 Å². The molecule has 0 fully saturated rings. The number of nitrogens with one attached hydrogen (secondary N) is 2. The molecule has 2 amide bonds. The summed E-state index contributed by atoms with van der Waals surface area (Å²) in [7, 11) is 0. The fraction of sp³-hybridized carbons (Fsp3) is 0.423. The molecule has 3 N–H and O–H groups in total. The third-order valence-corrected chi connectivity index (χ3v) is 6.12. The molecule has 2 aromatic rings. The van der Waals surface area contributed by atoms with Crippen LogP contribution in [0.3, 0.4) is 0 Å². The lowest BCUT2D eigenvalue weighted by atomic mass is 9.88. The molecule has 0 aliphatic heterocycles. The van der Waals surface area contributed by atoms with E-state index < -0.39 is 30.1 Å². The Morgan fingerprint density at radius 1 is 0.909 bits per heavy atom. The Hall–Kier alpha value is -3.35. The number of carbonyl (C=O) groups is 3. The second-order valence-electron chi connectivity index (χ2n) is 9.04. The van der Waals surface area contributed by atoms with Gasteiger partial charge in [-0.25, -0.2) is 4.79 Å². The fourth-order valence-corrected chi connectivity index (χ4v) is 4.67. The molecule has 3 atom stereocenters. The normalized spacial score (nSPS) is 15.2. The first kappa shape index (κ1) is 24.3. The van der Waals surface area contributed by atoms with Gasteiger partial charge in [-0.1, -0.05) is 62.4 Å². The lowest BCUT2D eigenvalue weighted by Crippen LogP contribution is -2.49. The van der Waals surface area contributed by atoms with Crippen molar-refractivity contribution in [2.75, 3.05) is 6.61 Å². The van der Waals surface area contributed by atoms with E-state index >= 15 is 0 Å². The highest BCUT2D eigenvalue weighted by molar-refractivity contribution is 5.82. The maximum atomic E-state index is 12.7. The molecule has 0 saturated carbocycles. The van der Waals surface area contributed by atoms with Gasteiger partial charge in [-0.05, 0) is 42.0 Å². The lowest BCUT2D eigenvalue weighted by Gasteiger charge is -2.28. The van der Waals surface area contributed by atoms with Crippen LogP contribution in [0.1, 0.15) is 51.2 Å².